The number of carbonyl (C=O) groups excluding carboxylic acids is 3. The summed E-state index contributed by atoms with van der Waals surface area (Å²) in [5.74, 6) is -0.468. The predicted molar refractivity (Wildman–Crippen MR) is 85.8 cm³/mol. The van der Waals surface area contributed by atoms with Gasteiger partial charge >= 0.3 is 0 Å². The van der Waals surface area contributed by atoms with Crippen LogP contribution in [0, 0.1) is 0 Å². The Labute approximate surface area is 134 Å². The van der Waals surface area contributed by atoms with Crippen molar-refractivity contribution in [3.8, 4) is 0 Å². The van der Waals surface area contributed by atoms with Crippen LogP contribution in [0.2, 0.25) is 0 Å². The summed E-state index contributed by atoms with van der Waals surface area (Å²) < 4.78 is 13.2. The smallest absolute Gasteiger partial charge is 0.261 e. The van der Waals surface area contributed by atoms with Gasteiger partial charge in [0.15, 0.2) is 5.12 Å². The highest BCUT2D eigenvalue weighted by Gasteiger charge is 2.40. The van der Waals surface area contributed by atoms with E-state index < -0.39 is 24.5 Å². The summed E-state index contributed by atoms with van der Waals surface area (Å²) in [6, 6.07) is 5.35. The monoisotopic (exact) mass is 325 g/mol. The normalized spacial score (nSPS) is 14.3. The second-order valence-electron chi connectivity index (χ2n) is 4.34. The molecule has 120 valence electrons. The van der Waals surface area contributed by atoms with Crippen LogP contribution in [0.4, 0.5) is 4.39 Å². The third-order valence-corrected chi connectivity index (χ3v) is 3.85. The molecule has 4 nitrogen and oxygen atoms in total. The van der Waals surface area contributed by atoms with E-state index in [2.05, 4.69) is 0 Å². The number of imide groups is 1. The maximum atomic E-state index is 13.2. The van der Waals surface area contributed by atoms with Crippen molar-refractivity contribution in [3.05, 3.63) is 35.4 Å². The van der Waals surface area contributed by atoms with E-state index in [1.54, 1.807) is 12.1 Å². The molecule has 0 spiro atoms. The molecule has 0 saturated carbocycles. The summed E-state index contributed by atoms with van der Waals surface area (Å²) in [5, 5.41) is -0.216. The van der Waals surface area contributed by atoms with Crippen LogP contribution in [0.5, 0.6) is 0 Å². The Morgan fingerprint density at radius 3 is 2.09 bits per heavy atom. The summed E-state index contributed by atoms with van der Waals surface area (Å²) in [4.78, 5) is 36.8. The first kappa shape index (κ1) is 18.4. The van der Waals surface area contributed by atoms with Crippen LogP contribution >= 0.6 is 11.8 Å². The Morgan fingerprint density at radius 2 is 1.68 bits per heavy atom. The number of carbonyl (C=O) groups is 3. The number of alkyl halides is 1. The van der Waals surface area contributed by atoms with Gasteiger partial charge in [-0.05, 0) is 17.9 Å². The largest absolute Gasteiger partial charge is 0.287 e. The zero-order valence-corrected chi connectivity index (χ0v) is 13.8. The van der Waals surface area contributed by atoms with Crippen molar-refractivity contribution in [2.24, 2.45) is 0 Å². The molecular weight excluding hydrogens is 305 g/mol. The summed E-state index contributed by atoms with van der Waals surface area (Å²) in [6.45, 7) is 4.90. The van der Waals surface area contributed by atoms with Gasteiger partial charge in [0.05, 0.1) is 17.2 Å². The summed E-state index contributed by atoms with van der Waals surface area (Å²) in [5.41, 5.74) is 0.540. The molecule has 0 radical (unpaired) electrons. The molecule has 0 unspecified atom stereocenters. The van der Waals surface area contributed by atoms with Crippen molar-refractivity contribution >= 4 is 28.7 Å². The molecule has 22 heavy (non-hydrogen) atoms. The molecule has 1 aliphatic rings. The molecule has 1 aromatic carbocycles. The Morgan fingerprint density at radius 1 is 1.18 bits per heavy atom. The minimum atomic E-state index is -1.02. The molecule has 0 aromatic heterocycles. The fourth-order valence-corrected chi connectivity index (χ4v) is 2.80. The van der Waals surface area contributed by atoms with Crippen LogP contribution < -0.4 is 0 Å². The molecule has 0 aliphatic carbocycles. The van der Waals surface area contributed by atoms with Gasteiger partial charge < -0.3 is 0 Å². The van der Waals surface area contributed by atoms with Crippen LogP contribution in [0.25, 0.3) is 0 Å². The number of fused-ring (bicyclic) bond motifs is 1. The maximum absolute atomic E-state index is 13.2. The average molecular weight is 325 g/mol. The molecule has 0 bridgehead atoms. The van der Waals surface area contributed by atoms with Gasteiger partial charge in [0.2, 0.25) is 0 Å². The highest BCUT2D eigenvalue weighted by Crippen LogP contribution is 2.26. The number of hydrogen-bond acceptors (Lipinski definition) is 4. The van der Waals surface area contributed by atoms with Crippen LogP contribution in [-0.2, 0) is 4.79 Å². The van der Waals surface area contributed by atoms with Gasteiger partial charge in [-0.3, -0.25) is 19.3 Å². The van der Waals surface area contributed by atoms with Gasteiger partial charge in [-0.25, -0.2) is 4.39 Å². The Balaban J connectivity index is 0.00000116. The molecule has 0 N–H and O–H groups in total. The van der Waals surface area contributed by atoms with E-state index in [1.807, 2.05) is 20.8 Å². The van der Waals surface area contributed by atoms with E-state index in [9.17, 15) is 18.8 Å². The van der Waals surface area contributed by atoms with E-state index in [-0.39, 0.29) is 22.7 Å². The number of halogens is 1. The summed E-state index contributed by atoms with van der Waals surface area (Å²) in [6.07, 6.45) is -0.152. The topological polar surface area (TPSA) is 54.5 Å². The molecule has 2 rings (SSSR count). The Bertz CT molecular complexity index is 527. The van der Waals surface area contributed by atoms with E-state index in [1.165, 1.54) is 12.1 Å². The van der Waals surface area contributed by atoms with Crippen molar-refractivity contribution in [1.29, 1.82) is 0 Å². The minimum absolute atomic E-state index is 0.152. The number of benzene rings is 1. The van der Waals surface area contributed by atoms with Gasteiger partial charge in [0.1, 0.15) is 6.67 Å². The lowest BCUT2D eigenvalue weighted by Gasteiger charge is -2.22. The fourth-order valence-electron chi connectivity index (χ4n) is 2.17. The molecular formula is C16H20FNO3S. The summed E-state index contributed by atoms with van der Waals surface area (Å²) in [7, 11) is 0. The van der Waals surface area contributed by atoms with Gasteiger partial charge in [-0.2, -0.15) is 0 Å². The summed E-state index contributed by atoms with van der Waals surface area (Å²) >= 11 is 1.07. The van der Waals surface area contributed by atoms with E-state index in [4.69, 9.17) is 0 Å². The third-order valence-electron chi connectivity index (χ3n) is 3.08. The van der Waals surface area contributed by atoms with Crippen LogP contribution in [0.1, 0.15) is 47.9 Å². The lowest BCUT2D eigenvalue weighted by atomic mass is 10.1. The Kier molecular flexibility index (Phi) is 7.24. The average Bonchev–Trinajstić information content (AvgIpc) is 2.80. The first-order valence-electron chi connectivity index (χ1n) is 7.28. The van der Waals surface area contributed by atoms with Crippen LogP contribution in [0.3, 0.4) is 0 Å². The first-order chi connectivity index (χ1) is 10.6. The number of rotatable bonds is 5. The molecule has 1 heterocycles. The number of amides is 2. The molecule has 1 aliphatic heterocycles. The molecule has 6 heteroatoms. The van der Waals surface area contributed by atoms with Crippen molar-refractivity contribution in [1.82, 2.24) is 4.90 Å². The van der Waals surface area contributed by atoms with Gasteiger partial charge in [-0.1, -0.05) is 44.7 Å². The molecule has 0 fully saturated rings. The van der Waals surface area contributed by atoms with Crippen LogP contribution in [0.15, 0.2) is 24.3 Å². The molecule has 2 amide bonds. The van der Waals surface area contributed by atoms with E-state index in [0.717, 1.165) is 16.7 Å². The van der Waals surface area contributed by atoms with E-state index in [0.29, 0.717) is 5.75 Å². The van der Waals surface area contributed by atoms with Gasteiger partial charge in [0, 0.05) is 6.42 Å². The second kappa shape index (κ2) is 8.68. The SMILES string of the molecule is CC.CCSC(=O)C[C@@H](CF)N1C(=O)c2ccccc2C1=O. The van der Waals surface area contributed by atoms with E-state index >= 15 is 0 Å². The second-order valence-corrected chi connectivity index (χ2v) is 5.66. The first-order valence-corrected chi connectivity index (χ1v) is 8.27. The van der Waals surface area contributed by atoms with Crippen LogP contribution in [-0.4, -0.2) is 40.3 Å². The molecule has 0 saturated heterocycles. The minimum Gasteiger partial charge on any atom is -0.287 e. The van der Waals surface area contributed by atoms with Crippen molar-refractivity contribution in [2.45, 2.75) is 33.2 Å². The number of hydrogen-bond donors (Lipinski definition) is 0. The standard InChI is InChI=1S/C14H14FNO3S.C2H6/c1-2-20-12(17)7-9(8-15)16-13(18)10-5-3-4-6-11(10)14(16)19;1-2/h3-6,9H,2,7-8H2,1H3;1-2H3/t9-;/m0./s1. The lowest BCUT2D eigenvalue weighted by Crippen LogP contribution is -2.42. The van der Waals surface area contributed by atoms with Crippen molar-refractivity contribution in [3.63, 3.8) is 0 Å². The maximum Gasteiger partial charge on any atom is 0.261 e. The molecule has 1 atom stereocenters. The predicted octanol–water partition coefficient (Wildman–Crippen LogP) is 3.32. The number of nitrogens with zero attached hydrogens (tertiary/aromatic N) is 1. The highest BCUT2D eigenvalue weighted by molar-refractivity contribution is 8.13. The zero-order valence-electron chi connectivity index (χ0n) is 13.0. The number of thioether (sulfide) groups is 1. The van der Waals surface area contributed by atoms with Gasteiger partial charge in [-0.15, -0.1) is 0 Å². The highest BCUT2D eigenvalue weighted by atomic mass is 32.2. The Hall–Kier alpha value is -1.69. The third kappa shape index (κ3) is 3.74. The quantitative estimate of drug-likeness (QED) is 0.779. The molecule has 1 aromatic rings. The zero-order chi connectivity index (χ0) is 16.7. The van der Waals surface area contributed by atoms with Gasteiger partial charge in [0.25, 0.3) is 11.8 Å². The fraction of sp³-hybridized carbons (Fsp3) is 0.438. The van der Waals surface area contributed by atoms with Crippen molar-refractivity contribution < 1.29 is 18.8 Å². The van der Waals surface area contributed by atoms with Crippen molar-refractivity contribution in [2.75, 3.05) is 12.4 Å². The lowest BCUT2D eigenvalue weighted by molar-refractivity contribution is -0.111.